The molecule has 2 heterocycles. The first-order chi connectivity index (χ1) is 12.7. The molecule has 2 aliphatic rings. The number of hydrogen-bond acceptors (Lipinski definition) is 4. The molecule has 0 aromatic heterocycles. The van der Waals surface area contributed by atoms with E-state index < -0.39 is 0 Å². The zero-order valence-electron chi connectivity index (χ0n) is 14.5. The lowest BCUT2D eigenvalue weighted by Crippen LogP contribution is -2.42. The van der Waals surface area contributed by atoms with Crippen LogP contribution < -0.4 is 10.2 Å². The van der Waals surface area contributed by atoms with Crippen molar-refractivity contribution in [3.8, 4) is 0 Å². The molecule has 2 aromatic rings. The molecule has 2 amide bonds. The number of morpholine rings is 1. The smallest absolute Gasteiger partial charge is 0.258 e. The third kappa shape index (κ3) is 3.47. The number of rotatable bonds is 3. The zero-order chi connectivity index (χ0) is 17.9. The molecule has 2 aliphatic heterocycles. The zero-order valence-corrected chi connectivity index (χ0v) is 14.5. The van der Waals surface area contributed by atoms with Crippen molar-refractivity contribution >= 4 is 23.2 Å². The topological polar surface area (TPSA) is 61.9 Å². The lowest BCUT2D eigenvalue weighted by atomic mass is 10.1. The molecule has 1 fully saturated rings. The van der Waals surface area contributed by atoms with E-state index in [0.29, 0.717) is 11.3 Å². The highest BCUT2D eigenvalue weighted by atomic mass is 16.5. The van der Waals surface area contributed by atoms with Crippen LogP contribution in [-0.2, 0) is 16.1 Å². The molecule has 2 aromatic carbocycles. The van der Waals surface area contributed by atoms with Crippen molar-refractivity contribution in [1.82, 2.24) is 4.90 Å². The number of ether oxygens (including phenoxy) is 1. The van der Waals surface area contributed by atoms with Crippen LogP contribution in [0.25, 0.3) is 0 Å². The van der Waals surface area contributed by atoms with Crippen LogP contribution in [0.4, 0.5) is 11.4 Å². The van der Waals surface area contributed by atoms with Crippen molar-refractivity contribution in [1.29, 1.82) is 0 Å². The Morgan fingerprint density at radius 1 is 1.04 bits per heavy atom. The van der Waals surface area contributed by atoms with Crippen molar-refractivity contribution in [2.24, 2.45) is 0 Å². The van der Waals surface area contributed by atoms with E-state index >= 15 is 0 Å². The standard InChI is InChI=1S/C20H21N3O3/c24-19-14-23(18-4-2-1-3-17(18)21-19)20(25)16-7-5-15(6-8-16)13-22-9-11-26-12-10-22/h1-8H,9-14H2,(H,21,24). The van der Waals surface area contributed by atoms with Crippen molar-refractivity contribution in [2.75, 3.05) is 43.1 Å². The third-order valence-electron chi connectivity index (χ3n) is 4.73. The summed E-state index contributed by atoms with van der Waals surface area (Å²) in [4.78, 5) is 28.7. The minimum absolute atomic E-state index is 0.0331. The number of hydrogen-bond donors (Lipinski definition) is 1. The van der Waals surface area contributed by atoms with Crippen LogP contribution >= 0.6 is 0 Å². The van der Waals surface area contributed by atoms with Crippen molar-refractivity contribution in [3.05, 3.63) is 59.7 Å². The summed E-state index contributed by atoms with van der Waals surface area (Å²) in [5.74, 6) is -0.341. The fraction of sp³-hybridized carbons (Fsp3) is 0.300. The number of fused-ring (bicyclic) bond motifs is 1. The molecule has 0 aliphatic carbocycles. The number of nitrogens with one attached hydrogen (secondary N) is 1. The Morgan fingerprint density at radius 3 is 2.54 bits per heavy atom. The van der Waals surface area contributed by atoms with Crippen molar-refractivity contribution in [3.63, 3.8) is 0 Å². The molecule has 0 unspecified atom stereocenters. The lowest BCUT2D eigenvalue weighted by Gasteiger charge is -2.29. The van der Waals surface area contributed by atoms with Gasteiger partial charge in [0.15, 0.2) is 0 Å². The average molecular weight is 351 g/mol. The van der Waals surface area contributed by atoms with Gasteiger partial charge in [-0.2, -0.15) is 0 Å². The molecule has 1 N–H and O–H groups in total. The highest BCUT2D eigenvalue weighted by molar-refractivity contribution is 6.15. The fourth-order valence-corrected chi connectivity index (χ4v) is 3.34. The van der Waals surface area contributed by atoms with E-state index in [2.05, 4.69) is 10.2 Å². The van der Waals surface area contributed by atoms with E-state index in [1.54, 1.807) is 6.07 Å². The van der Waals surface area contributed by atoms with Crippen LogP contribution in [0.2, 0.25) is 0 Å². The summed E-state index contributed by atoms with van der Waals surface area (Å²) in [6.07, 6.45) is 0. The second-order valence-electron chi connectivity index (χ2n) is 6.54. The van der Waals surface area contributed by atoms with Gasteiger partial charge < -0.3 is 10.1 Å². The summed E-state index contributed by atoms with van der Waals surface area (Å²) >= 11 is 0. The quantitative estimate of drug-likeness (QED) is 0.920. The van der Waals surface area contributed by atoms with E-state index in [0.717, 1.165) is 38.5 Å². The first-order valence-corrected chi connectivity index (χ1v) is 8.80. The Kier molecular flexibility index (Phi) is 4.69. The normalized spacial score (nSPS) is 17.5. The lowest BCUT2D eigenvalue weighted by molar-refractivity contribution is -0.115. The largest absolute Gasteiger partial charge is 0.379 e. The second kappa shape index (κ2) is 7.27. The Labute approximate surface area is 152 Å². The van der Waals surface area contributed by atoms with Gasteiger partial charge in [-0.25, -0.2) is 0 Å². The van der Waals surface area contributed by atoms with Crippen molar-refractivity contribution < 1.29 is 14.3 Å². The number of carbonyl (C=O) groups excluding carboxylic acids is 2. The van der Waals surface area contributed by atoms with Gasteiger partial charge in [0.25, 0.3) is 5.91 Å². The maximum Gasteiger partial charge on any atom is 0.258 e. The highest BCUT2D eigenvalue weighted by Gasteiger charge is 2.27. The summed E-state index contributed by atoms with van der Waals surface area (Å²) in [7, 11) is 0. The summed E-state index contributed by atoms with van der Waals surface area (Å²) in [6, 6.07) is 15.0. The maximum absolute atomic E-state index is 12.9. The molecule has 0 radical (unpaired) electrons. The number of para-hydroxylation sites is 2. The number of amides is 2. The Bertz CT molecular complexity index is 813. The van der Waals surface area contributed by atoms with E-state index in [9.17, 15) is 9.59 Å². The van der Waals surface area contributed by atoms with E-state index in [4.69, 9.17) is 4.74 Å². The van der Waals surface area contributed by atoms with E-state index in [1.807, 2.05) is 42.5 Å². The van der Waals surface area contributed by atoms with Crippen LogP contribution in [0.5, 0.6) is 0 Å². The van der Waals surface area contributed by atoms with E-state index in [1.165, 1.54) is 10.5 Å². The molecule has 0 saturated carbocycles. The SMILES string of the molecule is O=C1CN(C(=O)c2ccc(CN3CCOCC3)cc2)c2ccccc2N1. The molecular formula is C20H21N3O3. The molecule has 4 rings (SSSR count). The van der Waals surface area contributed by atoms with Crippen LogP contribution in [0.15, 0.2) is 48.5 Å². The first kappa shape index (κ1) is 16.8. The van der Waals surface area contributed by atoms with Crippen molar-refractivity contribution in [2.45, 2.75) is 6.54 Å². The van der Waals surface area contributed by atoms with Gasteiger partial charge in [-0.3, -0.25) is 19.4 Å². The minimum Gasteiger partial charge on any atom is -0.379 e. The fourth-order valence-electron chi connectivity index (χ4n) is 3.34. The van der Waals surface area contributed by atoms with E-state index in [-0.39, 0.29) is 18.4 Å². The van der Waals surface area contributed by atoms with Gasteiger partial charge in [-0.15, -0.1) is 0 Å². The molecule has 0 bridgehead atoms. The average Bonchev–Trinajstić information content (AvgIpc) is 2.68. The Morgan fingerprint density at radius 2 is 1.77 bits per heavy atom. The van der Waals surface area contributed by atoms with Crippen LogP contribution in [0.1, 0.15) is 15.9 Å². The van der Waals surface area contributed by atoms with Gasteiger partial charge in [0, 0.05) is 25.2 Å². The Balaban J connectivity index is 1.50. The van der Waals surface area contributed by atoms with Crippen LogP contribution in [0, 0.1) is 0 Å². The third-order valence-corrected chi connectivity index (χ3v) is 4.73. The van der Waals surface area contributed by atoms with Crippen LogP contribution in [-0.4, -0.2) is 49.6 Å². The first-order valence-electron chi connectivity index (χ1n) is 8.80. The summed E-state index contributed by atoms with van der Waals surface area (Å²) < 4.78 is 5.37. The van der Waals surface area contributed by atoms with Crippen LogP contribution in [0.3, 0.4) is 0 Å². The second-order valence-corrected chi connectivity index (χ2v) is 6.54. The monoisotopic (exact) mass is 351 g/mol. The maximum atomic E-state index is 12.9. The predicted molar refractivity (Wildman–Crippen MR) is 99.3 cm³/mol. The van der Waals surface area contributed by atoms with Gasteiger partial charge in [0.1, 0.15) is 6.54 Å². The summed E-state index contributed by atoms with van der Waals surface area (Å²) in [5.41, 5.74) is 3.15. The minimum atomic E-state index is -0.180. The van der Waals surface area contributed by atoms with Gasteiger partial charge in [0.2, 0.25) is 5.91 Å². The summed E-state index contributed by atoms with van der Waals surface area (Å²) in [5, 5.41) is 2.80. The van der Waals surface area contributed by atoms with Gasteiger partial charge in [-0.05, 0) is 29.8 Å². The molecule has 26 heavy (non-hydrogen) atoms. The van der Waals surface area contributed by atoms with Gasteiger partial charge >= 0.3 is 0 Å². The molecular weight excluding hydrogens is 330 g/mol. The van der Waals surface area contributed by atoms with Gasteiger partial charge in [0.05, 0.1) is 24.6 Å². The Hall–Kier alpha value is -2.70. The highest BCUT2D eigenvalue weighted by Crippen LogP contribution is 2.30. The molecule has 6 nitrogen and oxygen atoms in total. The molecule has 0 spiro atoms. The predicted octanol–water partition coefficient (Wildman–Crippen LogP) is 2.12. The van der Waals surface area contributed by atoms with Gasteiger partial charge in [-0.1, -0.05) is 24.3 Å². The molecule has 134 valence electrons. The number of nitrogens with zero attached hydrogens (tertiary/aromatic N) is 2. The molecule has 1 saturated heterocycles. The number of benzene rings is 2. The molecule has 0 atom stereocenters. The number of carbonyl (C=O) groups is 2. The molecule has 6 heteroatoms. The summed E-state index contributed by atoms with van der Waals surface area (Å²) in [6.45, 7) is 4.29. The number of anilines is 2.